The van der Waals surface area contributed by atoms with Crippen LogP contribution in [0, 0.1) is 6.92 Å². The SMILES string of the molecule is COc1ccc2c(c1O)-c1c(cc(C)c3c1C=CCN3C1C=C(C)CCC1)C(C)(C)O2. The summed E-state index contributed by atoms with van der Waals surface area (Å²) in [5.41, 5.74) is 7.54. The number of anilines is 1. The van der Waals surface area contributed by atoms with Gasteiger partial charge in [0.1, 0.15) is 11.4 Å². The van der Waals surface area contributed by atoms with E-state index in [1.54, 1.807) is 13.2 Å². The number of nitrogens with zero attached hydrogens (tertiary/aromatic N) is 1. The molecule has 0 saturated heterocycles. The van der Waals surface area contributed by atoms with Crippen molar-refractivity contribution in [2.75, 3.05) is 18.6 Å². The fourth-order valence-corrected chi connectivity index (χ4v) is 5.50. The summed E-state index contributed by atoms with van der Waals surface area (Å²) in [5, 5.41) is 11.1. The maximum atomic E-state index is 11.1. The maximum Gasteiger partial charge on any atom is 0.169 e. The highest BCUT2D eigenvalue weighted by molar-refractivity contribution is 5.95. The van der Waals surface area contributed by atoms with Crippen molar-refractivity contribution in [1.29, 1.82) is 0 Å². The van der Waals surface area contributed by atoms with Crippen molar-refractivity contribution >= 4 is 11.8 Å². The summed E-state index contributed by atoms with van der Waals surface area (Å²) in [7, 11) is 1.58. The number of ether oxygens (including phenoxy) is 2. The van der Waals surface area contributed by atoms with Crippen LogP contribution < -0.4 is 14.4 Å². The second kappa shape index (κ2) is 7.08. The van der Waals surface area contributed by atoms with Crippen molar-refractivity contribution in [3.63, 3.8) is 0 Å². The van der Waals surface area contributed by atoms with Crippen LogP contribution in [0.1, 0.15) is 56.7 Å². The Hall–Kier alpha value is -2.88. The van der Waals surface area contributed by atoms with E-state index < -0.39 is 5.60 Å². The van der Waals surface area contributed by atoms with Gasteiger partial charge in [0, 0.05) is 35.0 Å². The number of aromatic hydroxyl groups is 1. The molecule has 2 aliphatic heterocycles. The average Bonchev–Trinajstić information content (AvgIpc) is 2.74. The van der Waals surface area contributed by atoms with E-state index in [9.17, 15) is 5.11 Å². The van der Waals surface area contributed by atoms with Crippen LogP contribution in [0.2, 0.25) is 0 Å². The number of methoxy groups -OCH3 is 1. The smallest absolute Gasteiger partial charge is 0.169 e. The van der Waals surface area contributed by atoms with Crippen LogP contribution in [-0.2, 0) is 5.60 Å². The van der Waals surface area contributed by atoms with Crippen LogP contribution in [0.4, 0.5) is 5.69 Å². The van der Waals surface area contributed by atoms with Crippen LogP contribution in [0.5, 0.6) is 17.2 Å². The summed E-state index contributed by atoms with van der Waals surface area (Å²) in [6.07, 6.45) is 10.5. The summed E-state index contributed by atoms with van der Waals surface area (Å²) < 4.78 is 11.8. The Morgan fingerprint density at radius 1 is 1.19 bits per heavy atom. The van der Waals surface area contributed by atoms with E-state index in [-0.39, 0.29) is 5.75 Å². The summed E-state index contributed by atoms with van der Waals surface area (Å²) in [5.74, 6) is 1.30. The lowest BCUT2D eigenvalue weighted by Crippen LogP contribution is -2.38. The molecule has 1 unspecified atom stereocenters. The zero-order valence-electron chi connectivity index (χ0n) is 19.1. The molecule has 0 aromatic heterocycles. The first-order valence-corrected chi connectivity index (χ1v) is 11.2. The highest BCUT2D eigenvalue weighted by Gasteiger charge is 2.39. The zero-order chi connectivity index (χ0) is 21.9. The van der Waals surface area contributed by atoms with Crippen molar-refractivity contribution < 1.29 is 14.6 Å². The van der Waals surface area contributed by atoms with E-state index in [1.165, 1.54) is 41.6 Å². The molecule has 162 valence electrons. The number of allylic oxidation sites excluding steroid dienone is 1. The molecule has 4 nitrogen and oxygen atoms in total. The number of phenols is 1. The average molecular weight is 418 g/mol. The lowest BCUT2D eigenvalue weighted by atomic mass is 9.79. The van der Waals surface area contributed by atoms with Gasteiger partial charge in [-0.05, 0) is 70.7 Å². The fraction of sp³-hybridized carbons (Fsp3) is 0.407. The van der Waals surface area contributed by atoms with Gasteiger partial charge in [-0.15, -0.1) is 0 Å². The van der Waals surface area contributed by atoms with Crippen molar-refractivity contribution in [3.05, 3.63) is 52.6 Å². The summed E-state index contributed by atoms with van der Waals surface area (Å²) in [6, 6.07) is 6.33. The van der Waals surface area contributed by atoms with Gasteiger partial charge < -0.3 is 19.5 Å². The van der Waals surface area contributed by atoms with Crippen molar-refractivity contribution in [3.8, 4) is 28.4 Å². The molecule has 4 heteroatoms. The Morgan fingerprint density at radius 2 is 2.00 bits per heavy atom. The predicted octanol–water partition coefficient (Wildman–Crippen LogP) is 6.34. The van der Waals surface area contributed by atoms with Crippen molar-refractivity contribution in [2.24, 2.45) is 0 Å². The van der Waals surface area contributed by atoms with Crippen LogP contribution in [-0.4, -0.2) is 24.8 Å². The van der Waals surface area contributed by atoms with Crippen LogP contribution in [0.15, 0.2) is 35.9 Å². The number of aryl methyl sites for hydroxylation is 1. The van der Waals surface area contributed by atoms with E-state index in [2.05, 4.69) is 56.9 Å². The molecule has 2 heterocycles. The molecule has 31 heavy (non-hydrogen) atoms. The topological polar surface area (TPSA) is 41.9 Å². The van der Waals surface area contributed by atoms with Gasteiger partial charge in [-0.2, -0.15) is 0 Å². The predicted molar refractivity (Wildman–Crippen MR) is 126 cm³/mol. The Bertz CT molecular complexity index is 1130. The van der Waals surface area contributed by atoms with E-state index in [4.69, 9.17) is 9.47 Å². The van der Waals surface area contributed by atoms with E-state index >= 15 is 0 Å². The van der Waals surface area contributed by atoms with Gasteiger partial charge in [0.15, 0.2) is 11.5 Å². The molecule has 0 bridgehead atoms. The highest BCUT2D eigenvalue weighted by Crippen LogP contribution is 2.55. The van der Waals surface area contributed by atoms with Gasteiger partial charge in [-0.1, -0.05) is 23.8 Å². The molecule has 3 aliphatic rings. The van der Waals surface area contributed by atoms with Crippen LogP contribution in [0.25, 0.3) is 17.2 Å². The molecule has 0 fully saturated rings. The van der Waals surface area contributed by atoms with E-state index in [0.717, 1.165) is 23.2 Å². The molecule has 0 radical (unpaired) electrons. The van der Waals surface area contributed by atoms with Gasteiger partial charge in [-0.3, -0.25) is 0 Å². The van der Waals surface area contributed by atoms with Crippen molar-refractivity contribution in [2.45, 2.75) is 58.6 Å². The third-order valence-electron chi connectivity index (χ3n) is 6.94. The Morgan fingerprint density at radius 3 is 2.74 bits per heavy atom. The molecule has 1 N–H and O–H groups in total. The number of hydrogen-bond acceptors (Lipinski definition) is 4. The van der Waals surface area contributed by atoms with Gasteiger partial charge >= 0.3 is 0 Å². The van der Waals surface area contributed by atoms with Gasteiger partial charge in [0.2, 0.25) is 0 Å². The minimum atomic E-state index is -0.499. The minimum Gasteiger partial charge on any atom is -0.504 e. The molecular weight excluding hydrogens is 386 g/mol. The van der Waals surface area contributed by atoms with E-state index in [1.807, 2.05) is 6.07 Å². The summed E-state index contributed by atoms with van der Waals surface area (Å²) >= 11 is 0. The lowest BCUT2D eigenvalue weighted by molar-refractivity contribution is 0.105. The monoisotopic (exact) mass is 417 g/mol. The molecule has 2 aromatic carbocycles. The Labute approximate surface area is 184 Å². The van der Waals surface area contributed by atoms with Gasteiger partial charge in [0.05, 0.1) is 12.7 Å². The molecule has 0 amide bonds. The molecule has 1 aliphatic carbocycles. The maximum absolute atomic E-state index is 11.1. The van der Waals surface area contributed by atoms with E-state index in [0.29, 0.717) is 17.5 Å². The highest BCUT2D eigenvalue weighted by atomic mass is 16.5. The first-order valence-electron chi connectivity index (χ1n) is 11.2. The molecule has 0 spiro atoms. The third kappa shape index (κ3) is 3.03. The minimum absolute atomic E-state index is 0.140. The zero-order valence-corrected chi connectivity index (χ0v) is 19.1. The molecular formula is C27H31NO3. The van der Waals surface area contributed by atoms with Gasteiger partial charge in [-0.25, -0.2) is 0 Å². The van der Waals surface area contributed by atoms with Gasteiger partial charge in [0.25, 0.3) is 0 Å². The first kappa shape index (κ1) is 20.0. The van der Waals surface area contributed by atoms with Crippen molar-refractivity contribution in [1.82, 2.24) is 0 Å². The standard InChI is InChI=1S/C27H31NO3/c1-16-8-6-9-18(14-16)28-13-7-10-19-23-20(15-17(2)25(19)28)27(3,4)31-21-11-12-22(30-5)26(29)24(21)23/h7,10-12,14-15,18,29H,6,8-9,13H2,1-5H3. The molecule has 5 rings (SSSR count). The number of fused-ring (bicyclic) bond motifs is 5. The Kier molecular flexibility index (Phi) is 4.58. The third-order valence-corrected chi connectivity index (χ3v) is 6.94. The normalized spacial score (nSPS) is 20.9. The van der Waals surface area contributed by atoms with Crippen LogP contribution >= 0.6 is 0 Å². The first-order chi connectivity index (χ1) is 14.8. The number of phenolic OH excluding ortho intramolecular Hbond substituents is 1. The molecule has 2 aromatic rings. The summed E-state index contributed by atoms with van der Waals surface area (Å²) in [6.45, 7) is 9.53. The van der Waals surface area contributed by atoms with Crippen LogP contribution in [0.3, 0.4) is 0 Å². The molecule has 1 atom stereocenters. The second-order valence-corrected chi connectivity index (χ2v) is 9.51. The number of benzene rings is 2. The fourth-order valence-electron chi connectivity index (χ4n) is 5.50. The summed E-state index contributed by atoms with van der Waals surface area (Å²) in [4.78, 5) is 2.53. The molecule has 0 saturated carbocycles. The second-order valence-electron chi connectivity index (χ2n) is 9.51. The number of rotatable bonds is 2. The largest absolute Gasteiger partial charge is 0.504 e. The lowest BCUT2D eigenvalue weighted by Gasteiger charge is -2.42. The quantitative estimate of drug-likeness (QED) is 0.579. The number of hydrogen-bond donors (Lipinski definition) is 1. The Balaban J connectivity index is 1.79.